The lowest BCUT2D eigenvalue weighted by Crippen LogP contribution is -2.36. The smallest absolute Gasteiger partial charge is 0.319 e. The molecule has 0 aliphatic heterocycles. The molecule has 0 aliphatic carbocycles. The molecule has 3 N–H and O–H groups in total. The van der Waals surface area contributed by atoms with Gasteiger partial charge in [-0.25, -0.2) is 14.2 Å². The van der Waals surface area contributed by atoms with Crippen LogP contribution in [0.15, 0.2) is 24.3 Å². The number of amides is 2. The van der Waals surface area contributed by atoms with Crippen LogP contribution >= 0.6 is 0 Å². The number of carbonyl (C=O) groups is 1. The Morgan fingerprint density at radius 3 is 2.62 bits per heavy atom. The fourth-order valence-electron chi connectivity index (χ4n) is 1.89. The van der Waals surface area contributed by atoms with Gasteiger partial charge in [0.1, 0.15) is 11.6 Å². The highest BCUT2D eigenvalue weighted by atomic mass is 19.1. The first-order chi connectivity index (χ1) is 9.97. The molecule has 0 saturated carbocycles. The molecule has 2 aromatic rings. The normalized spacial score (nSPS) is 12.2. The summed E-state index contributed by atoms with van der Waals surface area (Å²) >= 11 is 0. The van der Waals surface area contributed by atoms with Gasteiger partial charge < -0.3 is 10.6 Å². The van der Waals surface area contributed by atoms with Crippen LogP contribution in [0.4, 0.5) is 14.9 Å². The number of carbonyl (C=O) groups excluding carboxylic acids is 1. The van der Waals surface area contributed by atoms with E-state index in [2.05, 4.69) is 25.8 Å². The number of aryl methyl sites for hydroxylation is 1. The summed E-state index contributed by atoms with van der Waals surface area (Å²) in [5.74, 6) is 0.784. The van der Waals surface area contributed by atoms with Crippen LogP contribution in [0.3, 0.4) is 0 Å². The Balaban J connectivity index is 2.07. The van der Waals surface area contributed by atoms with Crippen molar-refractivity contribution in [1.82, 2.24) is 20.5 Å². The summed E-state index contributed by atoms with van der Waals surface area (Å²) in [5, 5.41) is 12.0. The average Bonchev–Trinajstić information content (AvgIpc) is 2.85. The largest absolute Gasteiger partial charge is 0.328 e. The van der Waals surface area contributed by atoms with E-state index in [4.69, 9.17) is 0 Å². The van der Waals surface area contributed by atoms with Gasteiger partial charge in [-0.3, -0.25) is 5.10 Å². The van der Waals surface area contributed by atoms with Gasteiger partial charge >= 0.3 is 6.03 Å². The number of nitrogens with zero attached hydrogens (tertiary/aromatic N) is 2. The molecule has 0 spiro atoms. The average molecular weight is 291 g/mol. The lowest BCUT2D eigenvalue weighted by atomic mass is 10.0. The van der Waals surface area contributed by atoms with Gasteiger partial charge in [-0.15, -0.1) is 0 Å². The zero-order chi connectivity index (χ0) is 15.4. The Morgan fingerprint density at radius 2 is 2.05 bits per heavy atom. The highest BCUT2D eigenvalue weighted by Crippen LogP contribution is 2.19. The van der Waals surface area contributed by atoms with Crippen molar-refractivity contribution in [3.05, 3.63) is 41.7 Å². The second-order valence-corrected chi connectivity index (χ2v) is 5.08. The second-order valence-electron chi connectivity index (χ2n) is 5.08. The van der Waals surface area contributed by atoms with E-state index in [1.807, 2.05) is 13.8 Å². The number of halogens is 1. The summed E-state index contributed by atoms with van der Waals surface area (Å²) in [5.41, 5.74) is 0.128. The van der Waals surface area contributed by atoms with Crippen LogP contribution in [0.2, 0.25) is 0 Å². The molecule has 0 bridgehead atoms. The van der Waals surface area contributed by atoms with E-state index in [0.717, 1.165) is 0 Å². The molecule has 0 aliphatic rings. The number of benzene rings is 1. The van der Waals surface area contributed by atoms with Gasteiger partial charge in [0, 0.05) is 0 Å². The first-order valence-electron chi connectivity index (χ1n) is 6.68. The van der Waals surface area contributed by atoms with Crippen LogP contribution in [0, 0.1) is 18.7 Å². The standard InChI is InChI=1S/C14H18FN5O/c1-8(2)12(13-16-9(3)19-20-13)18-14(21)17-11-7-5-4-6-10(11)15/h4-8,12H,1-3H3,(H,16,19,20)(H2,17,18,21). The highest BCUT2D eigenvalue weighted by Gasteiger charge is 2.22. The molecule has 6 nitrogen and oxygen atoms in total. The first kappa shape index (κ1) is 15.0. The molecule has 1 atom stereocenters. The van der Waals surface area contributed by atoms with Crippen LogP contribution in [-0.2, 0) is 0 Å². The lowest BCUT2D eigenvalue weighted by Gasteiger charge is -2.19. The molecule has 1 unspecified atom stereocenters. The van der Waals surface area contributed by atoms with Crippen molar-refractivity contribution in [1.29, 1.82) is 0 Å². The van der Waals surface area contributed by atoms with E-state index in [1.54, 1.807) is 19.1 Å². The Bertz CT molecular complexity index is 625. The predicted octanol–water partition coefficient (Wildman–Crippen LogP) is 2.77. The van der Waals surface area contributed by atoms with E-state index in [9.17, 15) is 9.18 Å². The SMILES string of the molecule is Cc1nc(C(NC(=O)Nc2ccccc2F)C(C)C)n[nH]1. The van der Waals surface area contributed by atoms with Crippen LogP contribution in [0.5, 0.6) is 0 Å². The molecule has 0 radical (unpaired) electrons. The van der Waals surface area contributed by atoms with Crippen molar-refractivity contribution < 1.29 is 9.18 Å². The molecular weight excluding hydrogens is 273 g/mol. The minimum absolute atomic E-state index is 0.0894. The Kier molecular flexibility index (Phi) is 4.52. The summed E-state index contributed by atoms with van der Waals surface area (Å²) in [6, 6.07) is 5.14. The third kappa shape index (κ3) is 3.77. The Labute approximate surface area is 122 Å². The van der Waals surface area contributed by atoms with E-state index in [0.29, 0.717) is 11.6 Å². The number of hydrogen-bond acceptors (Lipinski definition) is 3. The zero-order valence-corrected chi connectivity index (χ0v) is 12.1. The first-order valence-corrected chi connectivity index (χ1v) is 6.68. The summed E-state index contributed by atoms with van der Waals surface area (Å²) in [7, 11) is 0. The maximum absolute atomic E-state index is 13.5. The number of rotatable bonds is 4. The molecule has 21 heavy (non-hydrogen) atoms. The Morgan fingerprint density at radius 1 is 1.33 bits per heavy atom. The van der Waals surface area contributed by atoms with Crippen molar-refractivity contribution in [2.75, 3.05) is 5.32 Å². The van der Waals surface area contributed by atoms with Gasteiger partial charge in [-0.2, -0.15) is 5.10 Å². The van der Waals surface area contributed by atoms with E-state index in [-0.39, 0.29) is 17.6 Å². The number of para-hydroxylation sites is 1. The molecule has 0 fully saturated rings. The molecule has 112 valence electrons. The molecule has 1 aromatic carbocycles. The third-order valence-corrected chi connectivity index (χ3v) is 2.97. The number of nitrogens with one attached hydrogen (secondary N) is 3. The van der Waals surface area contributed by atoms with Gasteiger partial charge in [0.05, 0.1) is 11.7 Å². The predicted molar refractivity (Wildman–Crippen MR) is 77.3 cm³/mol. The highest BCUT2D eigenvalue weighted by molar-refractivity contribution is 5.89. The minimum Gasteiger partial charge on any atom is -0.328 e. The van der Waals surface area contributed by atoms with Crippen molar-refractivity contribution in [2.24, 2.45) is 5.92 Å². The molecule has 0 saturated heterocycles. The van der Waals surface area contributed by atoms with E-state index in [1.165, 1.54) is 12.1 Å². The molecule has 1 aromatic heterocycles. The number of aromatic nitrogens is 3. The summed E-state index contributed by atoms with van der Waals surface area (Å²) < 4.78 is 13.5. The molecular formula is C14H18FN5O. The van der Waals surface area contributed by atoms with Crippen LogP contribution < -0.4 is 10.6 Å². The summed E-state index contributed by atoms with van der Waals surface area (Å²) in [6.45, 7) is 5.67. The van der Waals surface area contributed by atoms with E-state index >= 15 is 0 Å². The summed E-state index contributed by atoms with van der Waals surface area (Å²) in [6.07, 6.45) is 0. The molecule has 2 amide bonds. The minimum atomic E-state index is -0.499. The second kappa shape index (κ2) is 6.34. The molecule has 2 rings (SSSR count). The number of urea groups is 1. The maximum atomic E-state index is 13.5. The third-order valence-electron chi connectivity index (χ3n) is 2.97. The number of anilines is 1. The van der Waals surface area contributed by atoms with Crippen LogP contribution in [0.25, 0.3) is 0 Å². The van der Waals surface area contributed by atoms with Gasteiger partial charge in [-0.05, 0) is 25.0 Å². The number of H-pyrrole nitrogens is 1. The molecule has 1 heterocycles. The van der Waals surface area contributed by atoms with Crippen molar-refractivity contribution in [3.8, 4) is 0 Å². The lowest BCUT2D eigenvalue weighted by molar-refractivity contribution is 0.243. The van der Waals surface area contributed by atoms with E-state index < -0.39 is 11.8 Å². The Hall–Kier alpha value is -2.44. The van der Waals surface area contributed by atoms with Crippen LogP contribution in [-0.4, -0.2) is 21.2 Å². The summed E-state index contributed by atoms with van der Waals surface area (Å²) in [4.78, 5) is 16.2. The monoisotopic (exact) mass is 291 g/mol. The van der Waals surface area contributed by atoms with Gasteiger partial charge in [0.15, 0.2) is 5.82 Å². The zero-order valence-electron chi connectivity index (χ0n) is 12.1. The maximum Gasteiger partial charge on any atom is 0.319 e. The van der Waals surface area contributed by atoms with Gasteiger partial charge in [0.25, 0.3) is 0 Å². The topological polar surface area (TPSA) is 82.7 Å². The molecule has 7 heteroatoms. The fourth-order valence-corrected chi connectivity index (χ4v) is 1.89. The fraction of sp³-hybridized carbons (Fsp3) is 0.357. The van der Waals surface area contributed by atoms with Crippen LogP contribution in [0.1, 0.15) is 31.5 Å². The van der Waals surface area contributed by atoms with Gasteiger partial charge in [0.2, 0.25) is 0 Å². The number of hydrogen-bond donors (Lipinski definition) is 3. The van der Waals surface area contributed by atoms with Crippen molar-refractivity contribution in [2.45, 2.75) is 26.8 Å². The van der Waals surface area contributed by atoms with Crippen molar-refractivity contribution in [3.63, 3.8) is 0 Å². The number of aromatic amines is 1. The van der Waals surface area contributed by atoms with Crippen molar-refractivity contribution >= 4 is 11.7 Å². The van der Waals surface area contributed by atoms with Gasteiger partial charge in [-0.1, -0.05) is 26.0 Å². The quantitative estimate of drug-likeness (QED) is 0.810.